The van der Waals surface area contributed by atoms with Gasteiger partial charge in [0, 0.05) is 34.4 Å². The molecule has 7 heteroatoms. The second-order valence-corrected chi connectivity index (χ2v) is 5.80. The molecule has 1 heterocycles. The molecule has 0 fully saturated rings. The Hall–Kier alpha value is -3.17. The molecule has 0 bridgehead atoms. The van der Waals surface area contributed by atoms with E-state index in [1.807, 2.05) is 0 Å². The van der Waals surface area contributed by atoms with E-state index in [2.05, 4.69) is 16.4 Å². The van der Waals surface area contributed by atoms with Gasteiger partial charge >= 0.3 is 0 Å². The quantitative estimate of drug-likeness (QED) is 0.712. The molecule has 1 N–H and O–H groups in total. The molecule has 0 radical (unpaired) electrons. The summed E-state index contributed by atoms with van der Waals surface area (Å²) in [6.07, 6.45) is 1.52. The van der Waals surface area contributed by atoms with E-state index in [9.17, 15) is 5.26 Å². The van der Waals surface area contributed by atoms with Gasteiger partial charge in [0.1, 0.15) is 6.07 Å². The van der Waals surface area contributed by atoms with Crippen LogP contribution in [0.2, 0.25) is 5.02 Å². The molecular weight excluding hydrogens is 354 g/mol. The van der Waals surface area contributed by atoms with E-state index >= 15 is 0 Å². The normalized spacial score (nSPS) is 10.3. The monoisotopic (exact) mass is 369 g/mol. The third kappa shape index (κ3) is 3.17. The van der Waals surface area contributed by atoms with Gasteiger partial charge in [0.25, 0.3) is 0 Å². The van der Waals surface area contributed by atoms with Crippen LogP contribution in [-0.4, -0.2) is 26.3 Å². The van der Waals surface area contributed by atoms with E-state index in [0.717, 1.165) is 10.9 Å². The van der Waals surface area contributed by atoms with Gasteiger partial charge in [0.2, 0.25) is 5.75 Å². The predicted octanol–water partition coefficient (Wildman–Crippen LogP) is 4.53. The van der Waals surface area contributed by atoms with Gasteiger partial charge in [-0.1, -0.05) is 11.6 Å². The molecule has 132 valence electrons. The Morgan fingerprint density at radius 3 is 2.31 bits per heavy atom. The molecule has 0 atom stereocenters. The highest BCUT2D eigenvalue weighted by Gasteiger charge is 2.15. The number of methoxy groups -OCH3 is 3. The topological polar surface area (TPSA) is 76.4 Å². The van der Waals surface area contributed by atoms with Crippen molar-refractivity contribution >= 4 is 33.9 Å². The Bertz CT molecular complexity index is 990. The van der Waals surface area contributed by atoms with Crippen molar-refractivity contribution in [2.75, 3.05) is 26.6 Å². The van der Waals surface area contributed by atoms with Crippen LogP contribution in [0.3, 0.4) is 0 Å². The fraction of sp³-hybridized carbons (Fsp3) is 0.158. The largest absolute Gasteiger partial charge is 0.493 e. The van der Waals surface area contributed by atoms with Gasteiger partial charge in [0.15, 0.2) is 11.5 Å². The lowest BCUT2D eigenvalue weighted by molar-refractivity contribution is 0.324. The van der Waals surface area contributed by atoms with Gasteiger partial charge in [0.05, 0.1) is 38.1 Å². The maximum atomic E-state index is 9.48. The number of halogens is 1. The molecule has 6 nitrogen and oxygen atoms in total. The van der Waals surface area contributed by atoms with Crippen LogP contribution in [0.4, 0.5) is 11.4 Å². The van der Waals surface area contributed by atoms with Gasteiger partial charge < -0.3 is 19.5 Å². The number of hydrogen-bond donors (Lipinski definition) is 1. The van der Waals surface area contributed by atoms with Crippen molar-refractivity contribution in [2.24, 2.45) is 0 Å². The Labute approximate surface area is 155 Å². The van der Waals surface area contributed by atoms with Crippen molar-refractivity contribution < 1.29 is 14.2 Å². The van der Waals surface area contributed by atoms with E-state index in [1.54, 1.807) is 51.7 Å². The van der Waals surface area contributed by atoms with Crippen LogP contribution in [-0.2, 0) is 0 Å². The van der Waals surface area contributed by atoms with E-state index in [-0.39, 0.29) is 0 Å². The summed E-state index contributed by atoms with van der Waals surface area (Å²) >= 11 is 6.13. The van der Waals surface area contributed by atoms with Crippen LogP contribution in [0, 0.1) is 11.3 Å². The number of fused-ring (bicyclic) bond motifs is 1. The summed E-state index contributed by atoms with van der Waals surface area (Å²) in [7, 11) is 4.63. The molecular formula is C19H16ClN3O3. The van der Waals surface area contributed by atoms with Crippen molar-refractivity contribution in [3.8, 4) is 23.3 Å². The first-order valence-corrected chi connectivity index (χ1v) is 8.04. The molecule has 3 rings (SSSR count). The standard InChI is InChI=1S/C19H16ClN3O3/c1-24-16-7-13(8-17(25-2)19(16)26-3)23-18-11(9-21)10-22-15-5-4-12(20)6-14(15)18/h4-8,10H,1-3H3,(H,22,23). The molecule has 26 heavy (non-hydrogen) atoms. The second kappa shape index (κ2) is 7.38. The summed E-state index contributed by atoms with van der Waals surface area (Å²) in [6.45, 7) is 0. The van der Waals surface area contributed by atoms with Crippen molar-refractivity contribution in [1.29, 1.82) is 5.26 Å². The number of aromatic nitrogens is 1. The predicted molar refractivity (Wildman–Crippen MR) is 101 cm³/mol. The average Bonchev–Trinajstić information content (AvgIpc) is 2.67. The SMILES string of the molecule is COc1cc(Nc2c(C#N)cnc3ccc(Cl)cc23)cc(OC)c1OC. The Balaban J connectivity index is 2.17. The smallest absolute Gasteiger partial charge is 0.203 e. The zero-order valence-corrected chi connectivity index (χ0v) is 15.2. The van der Waals surface area contributed by atoms with Crippen molar-refractivity contribution in [3.63, 3.8) is 0 Å². The van der Waals surface area contributed by atoms with Crippen LogP contribution in [0.25, 0.3) is 10.9 Å². The van der Waals surface area contributed by atoms with Crippen LogP contribution >= 0.6 is 11.6 Å². The molecule has 2 aromatic carbocycles. The van der Waals surface area contributed by atoms with E-state index < -0.39 is 0 Å². The van der Waals surface area contributed by atoms with E-state index in [0.29, 0.717) is 39.2 Å². The third-order valence-electron chi connectivity index (χ3n) is 3.88. The number of nitrogens with one attached hydrogen (secondary N) is 1. The molecule has 0 saturated heterocycles. The van der Waals surface area contributed by atoms with Crippen LogP contribution in [0.15, 0.2) is 36.5 Å². The number of ether oxygens (including phenoxy) is 3. The summed E-state index contributed by atoms with van der Waals surface area (Å²) in [5, 5.41) is 14.0. The highest BCUT2D eigenvalue weighted by molar-refractivity contribution is 6.31. The first-order chi connectivity index (χ1) is 12.6. The summed E-state index contributed by atoms with van der Waals surface area (Å²) in [6, 6.07) is 11.0. The van der Waals surface area contributed by atoms with Gasteiger partial charge in [-0.2, -0.15) is 5.26 Å². The minimum absolute atomic E-state index is 0.397. The van der Waals surface area contributed by atoms with Crippen LogP contribution < -0.4 is 19.5 Å². The lowest BCUT2D eigenvalue weighted by Gasteiger charge is -2.16. The third-order valence-corrected chi connectivity index (χ3v) is 4.12. The highest BCUT2D eigenvalue weighted by Crippen LogP contribution is 2.41. The first kappa shape index (κ1) is 17.6. The molecule has 0 aliphatic rings. The van der Waals surface area contributed by atoms with Crippen LogP contribution in [0.5, 0.6) is 17.2 Å². The zero-order chi connectivity index (χ0) is 18.7. The van der Waals surface area contributed by atoms with Gasteiger partial charge in [-0.15, -0.1) is 0 Å². The Morgan fingerprint density at radius 1 is 1.04 bits per heavy atom. The number of hydrogen-bond acceptors (Lipinski definition) is 6. The maximum absolute atomic E-state index is 9.48. The fourth-order valence-corrected chi connectivity index (χ4v) is 2.85. The molecule has 0 aliphatic carbocycles. The van der Waals surface area contributed by atoms with Crippen molar-refractivity contribution in [1.82, 2.24) is 4.98 Å². The highest BCUT2D eigenvalue weighted by atomic mass is 35.5. The van der Waals surface area contributed by atoms with Gasteiger partial charge in [-0.25, -0.2) is 0 Å². The van der Waals surface area contributed by atoms with Crippen molar-refractivity contribution in [2.45, 2.75) is 0 Å². The lowest BCUT2D eigenvalue weighted by Crippen LogP contribution is -2.00. The minimum atomic E-state index is 0.397. The van der Waals surface area contributed by atoms with E-state index in [1.165, 1.54) is 6.20 Å². The summed E-state index contributed by atoms with van der Waals surface area (Å²) in [4.78, 5) is 4.30. The molecule has 0 amide bonds. The molecule has 0 unspecified atom stereocenters. The minimum Gasteiger partial charge on any atom is -0.493 e. The number of nitrogens with zero attached hydrogens (tertiary/aromatic N) is 2. The molecule has 1 aromatic heterocycles. The average molecular weight is 370 g/mol. The molecule has 0 spiro atoms. The molecule has 0 aliphatic heterocycles. The zero-order valence-electron chi connectivity index (χ0n) is 14.5. The number of anilines is 2. The number of pyridine rings is 1. The first-order valence-electron chi connectivity index (χ1n) is 7.66. The summed E-state index contributed by atoms with van der Waals surface area (Å²) in [5.41, 5.74) is 2.40. The fourth-order valence-electron chi connectivity index (χ4n) is 2.68. The Kier molecular flexibility index (Phi) is 5.01. The summed E-state index contributed by atoms with van der Waals surface area (Å²) in [5.74, 6) is 1.50. The number of rotatable bonds is 5. The second-order valence-electron chi connectivity index (χ2n) is 5.36. The van der Waals surface area contributed by atoms with Crippen LogP contribution in [0.1, 0.15) is 5.56 Å². The number of nitriles is 1. The number of benzene rings is 2. The Morgan fingerprint density at radius 2 is 1.73 bits per heavy atom. The molecule has 3 aromatic rings. The molecule has 0 saturated carbocycles. The van der Waals surface area contributed by atoms with Gasteiger partial charge in [-0.05, 0) is 18.2 Å². The lowest BCUT2D eigenvalue weighted by atomic mass is 10.1. The summed E-state index contributed by atoms with van der Waals surface area (Å²) < 4.78 is 16.1. The van der Waals surface area contributed by atoms with E-state index in [4.69, 9.17) is 25.8 Å². The van der Waals surface area contributed by atoms with Crippen molar-refractivity contribution in [3.05, 3.63) is 47.1 Å². The van der Waals surface area contributed by atoms with Gasteiger partial charge in [-0.3, -0.25) is 4.98 Å². The maximum Gasteiger partial charge on any atom is 0.203 e.